The van der Waals surface area contributed by atoms with Gasteiger partial charge >= 0.3 is 0 Å². The molecule has 0 fully saturated rings. The van der Waals surface area contributed by atoms with Crippen LogP contribution in [0.3, 0.4) is 0 Å². The van der Waals surface area contributed by atoms with Crippen LogP contribution in [0, 0.1) is 5.41 Å². The summed E-state index contributed by atoms with van der Waals surface area (Å²) in [5.41, 5.74) is 1.59. The molecule has 184 valence electrons. The Labute approximate surface area is 211 Å². The molecule has 1 N–H and O–H groups in total. The zero-order chi connectivity index (χ0) is 25.4. The molecule has 12 heteroatoms. The number of methoxy groups -OCH3 is 1. The fraction of sp³-hybridized carbons (Fsp3) is 0.167. The zero-order valence-electron chi connectivity index (χ0n) is 19.3. The van der Waals surface area contributed by atoms with Gasteiger partial charge in [0.25, 0.3) is 5.91 Å². The molecule has 10 nitrogen and oxygen atoms in total. The third-order valence-electron chi connectivity index (χ3n) is 5.60. The average molecular weight is 524 g/mol. The number of ether oxygens (including phenoxy) is 2. The van der Waals surface area contributed by atoms with E-state index in [4.69, 9.17) is 14.9 Å². The molecule has 5 rings (SSSR count). The van der Waals surface area contributed by atoms with E-state index in [0.717, 1.165) is 34.0 Å². The normalized spacial score (nSPS) is 16.8. The number of nitrogens with one attached hydrogen (secondary N) is 1. The summed E-state index contributed by atoms with van der Waals surface area (Å²) in [5, 5.41) is 9.19. The molecule has 3 aromatic rings. The summed E-state index contributed by atoms with van der Waals surface area (Å²) in [5.74, 6) is 0.378. The highest BCUT2D eigenvalue weighted by molar-refractivity contribution is 8.16. The van der Waals surface area contributed by atoms with Crippen LogP contribution in [-0.2, 0) is 21.2 Å². The highest BCUT2D eigenvalue weighted by Crippen LogP contribution is 2.31. The van der Waals surface area contributed by atoms with Crippen molar-refractivity contribution in [2.75, 3.05) is 20.0 Å². The Morgan fingerprint density at radius 2 is 1.83 bits per heavy atom. The first-order chi connectivity index (χ1) is 17.3. The van der Waals surface area contributed by atoms with Crippen LogP contribution in [0.15, 0.2) is 69.7 Å². The lowest BCUT2D eigenvalue weighted by molar-refractivity contribution is -0.114. The van der Waals surface area contributed by atoms with Crippen molar-refractivity contribution in [3.05, 3.63) is 65.9 Å². The number of nitrogens with zero attached hydrogens (tertiary/aromatic N) is 4. The van der Waals surface area contributed by atoms with Crippen molar-refractivity contribution in [1.29, 1.82) is 5.41 Å². The maximum Gasteiger partial charge on any atom is 0.283 e. The largest absolute Gasteiger partial charge is 0.493 e. The van der Waals surface area contributed by atoms with Crippen molar-refractivity contribution >= 4 is 60.8 Å². The van der Waals surface area contributed by atoms with Crippen LogP contribution in [0.5, 0.6) is 11.5 Å². The number of hydrogen-bond acceptors (Lipinski definition) is 8. The van der Waals surface area contributed by atoms with Gasteiger partial charge in [-0.15, -0.1) is 0 Å². The molecule has 0 bridgehead atoms. The summed E-state index contributed by atoms with van der Waals surface area (Å²) in [4.78, 5) is 17.8. The Morgan fingerprint density at radius 3 is 2.58 bits per heavy atom. The van der Waals surface area contributed by atoms with Gasteiger partial charge in [-0.2, -0.15) is 9.39 Å². The van der Waals surface area contributed by atoms with Crippen LogP contribution in [0.25, 0.3) is 17.0 Å². The lowest BCUT2D eigenvalue weighted by atomic mass is 10.1. The number of carbonyl (C=O) groups is 1. The van der Waals surface area contributed by atoms with E-state index < -0.39 is 15.7 Å². The number of hydrogen-bond donors (Lipinski definition) is 1. The first-order valence-corrected chi connectivity index (χ1v) is 13.5. The topological polar surface area (TPSA) is 126 Å². The summed E-state index contributed by atoms with van der Waals surface area (Å²) in [6.07, 6.45) is 4.43. The second-order valence-electron chi connectivity index (χ2n) is 7.97. The highest BCUT2D eigenvalue weighted by atomic mass is 32.2. The van der Waals surface area contributed by atoms with Gasteiger partial charge < -0.3 is 14.0 Å². The summed E-state index contributed by atoms with van der Waals surface area (Å²) in [6, 6.07) is 15.1. The molecule has 2 aliphatic heterocycles. The fourth-order valence-corrected chi connectivity index (χ4v) is 5.81. The van der Waals surface area contributed by atoms with Crippen LogP contribution >= 0.6 is 11.9 Å². The smallest absolute Gasteiger partial charge is 0.283 e. The van der Waals surface area contributed by atoms with Crippen LogP contribution in [0.2, 0.25) is 0 Å². The minimum absolute atomic E-state index is 0.0224. The summed E-state index contributed by atoms with van der Waals surface area (Å²) in [6.45, 7) is 0.889. The number of aliphatic imine (C=N–C) groups is 1. The number of benzene rings is 2. The molecule has 0 radical (unpaired) electrons. The number of rotatable bonds is 6. The molecule has 2 aromatic carbocycles. The summed E-state index contributed by atoms with van der Waals surface area (Å²) >= 11 is 0.762. The molecule has 0 atom stereocenters. The van der Waals surface area contributed by atoms with Gasteiger partial charge in [0, 0.05) is 28.9 Å². The monoisotopic (exact) mass is 523 g/mol. The van der Waals surface area contributed by atoms with Crippen LogP contribution < -0.4 is 9.47 Å². The fourth-order valence-electron chi connectivity index (χ4n) is 3.96. The number of para-hydroxylation sites is 3. The second kappa shape index (κ2) is 9.28. The molecule has 0 spiro atoms. The van der Waals surface area contributed by atoms with Crippen molar-refractivity contribution < 1.29 is 22.7 Å². The number of carbonyl (C=O) groups excluding carboxylic acids is 1. The molecular weight excluding hydrogens is 502 g/mol. The Kier molecular flexibility index (Phi) is 6.14. The number of sulfone groups is 1. The van der Waals surface area contributed by atoms with Crippen LogP contribution in [-0.4, -0.2) is 59.9 Å². The van der Waals surface area contributed by atoms with E-state index in [9.17, 15) is 13.2 Å². The Morgan fingerprint density at radius 1 is 1.11 bits per heavy atom. The molecular formula is C24H21N5O5S2. The van der Waals surface area contributed by atoms with E-state index in [0.29, 0.717) is 30.2 Å². The first kappa shape index (κ1) is 23.8. The lowest BCUT2D eigenvalue weighted by Gasteiger charge is -2.23. The number of aromatic nitrogens is 1. The first-order valence-electron chi connectivity index (χ1n) is 10.8. The maximum atomic E-state index is 12.8. The predicted octanol–water partition coefficient (Wildman–Crippen LogP) is 3.35. The lowest BCUT2D eigenvalue weighted by Crippen LogP contribution is -2.45. The SMILES string of the molecule is COc1ccccc1OCCn1cc(C=C2C(=N)N3C(=NC2=O)SN=C3S(C)(=O)=O)c2ccccc21. The van der Waals surface area contributed by atoms with Crippen molar-refractivity contribution in [3.63, 3.8) is 0 Å². The zero-order valence-corrected chi connectivity index (χ0v) is 21.0. The molecule has 36 heavy (non-hydrogen) atoms. The Bertz CT molecular complexity index is 1600. The van der Waals surface area contributed by atoms with Gasteiger partial charge in [-0.3, -0.25) is 10.2 Å². The van der Waals surface area contributed by atoms with E-state index in [1.54, 1.807) is 13.2 Å². The van der Waals surface area contributed by atoms with Gasteiger partial charge in [-0.1, -0.05) is 30.3 Å². The van der Waals surface area contributed by atoms with Gasteiger partial charge in [0.2, 0.25) is 20.2 Å². The Hall–Kier alpha value is -3.90. The number of amidine groups is 3. The molecule has 0 aliphatic carbocycles. The average Bonchev–Trinajstić information content (AvgIpc) is 3.44. The molecule has 3 heterocycles. The van der Waals surface area contributed by atoms with E-state index in [-0.39, 0.29) is 21.7 Å². The van der Waals surface area contributed by atoms with Gasteiger partial charge in [-0.25, -0.2) is 13.3 Å². The van der Waals surface area contributed by atoms with Gasteiger partial charge in [0.1, 0.15) is 12.4 Å². The second-order valence-corrected chi connectivity index (χ2v) is 10.6. The Balaban J connectivity index is 1.46. The third-order valence-corrected chi connectivity index (χ3v) is 7.36. The molecule has 2 aliphatic rings. The van der Waals surface area contributed by atoms with Crippen molar-refractivity contribution in [2.24, 2.45) is 9.39 Å². The van der Waals surface area contributed by atoms with Crippen LogP contribution in [0.1, 0.15) is 5.56 Å². The summed E-state index contributed by atoms with van der Waals surface area (Å²) in [7, 11) is -2.13. The molecule has 0 unspecified atom stereocenters. The maximum absolute atomic E-state index is 12.8. The van der Waals surface area contributed by atoms with Crippen LogP contribution in [0.4, 0.5) is 0 Å². The summed E-state index contributed by atoms with van der Waals surface area (Å²) < 4.78 is 41.4. The quantitative estimate of drug-likeness (QED) is 0.388. The predicted molar refractivity (Wildman–Crippen MR) is 140 cm³/mol. The molecule has 1 amide bonds. The van der Waals surface area contributed by atoms with Crippen molar-refractivity contribution in [2.45, 2.75) is 6.54 Å². The minimum Gasteiger partial charge on any atom is -0.493 e. The van der Waals surface area contributed by atoms with Gasteiger partial charge in [0.15, 0.2) is 11.5 Å². The molecule has 1 aromatic heterocycles. The van der Waals surface area contributed by atoms with E-state index in [1.807, 2.05) is 59.3 Å². The molecule has 0 saturated heterocycles. The van der Waals surface area contributed by atoms with E-state index in [2.05, 4.69) is 9.39 Å². The number of amides is 1. The third kappa shape index (κ3) is 4.29. The standard InChI is InChI=1S/C24H21N5O5S2/c1-33-19-9-5-6-10-20(19)34-12-11-28-14-15(16-7-3-4-8-18(16)28)13-17-21(25)29-23(26-22(17)30)35-27-24(29)36(2,31)32/h3-10,13-14,25H,11-12H2,1-2H3. The van der Waals surface area contributed by atoms with Crippen molar-refractivity contribution in [3.8, 4) is 11.5 Å². The van der Waals surface area contributed by atoms with Crippen molar-refractivity contribution in [1.82, 2.24) is 9.47 Å². The minimum atomic E-state index is -3.72. The number of fused-ring (bicyclic) bond motifs is 2. The van der Waals surface area contributed by atoms with Gasteiger partial charge in [-0.05, 0) is 24.3 Å². The van der Waals surface area contributed by atoms with Gasteiger partial charge in [0.05, 0.1) is 31.2 Å². The van der Waals surface area contributed by atoms with E-state index in [1.165, 1.54) is 0 Å². The highest BCUT2D eigenvalue weighted by Gasteiger charge is 2.41. The van der Waals surface area contributed by atoms with E-state index >= 15 is 0 Å². The molecule has 0 saturated carbocycles.